The van der Waals surface area contributed by atoms with Crippen LogP contribution in [0, 0.1) is 0 Å². The molecule has 0 aliphatic heterocycles. The normalized spacial score (nSPS) is 11.9. The largest absolute Gasteiger partial charge is 0.325 e. The minimum Gasteiger partial charge on any atom is -0.324 e. The van der Waals surface area contributed by atoms with Crippen LogP contribution in [-0.4, -0.2) is 15.9 Å². The molecule has 0 aromatic carbocycles. The minimum absolute atomic E-state index is 0.0494. The highest BCUT2D eigenvalue weighted by Crippen LogP contribution is 2.35. The molecule has 0 saturated heterocycles. The number of rotatable bonds is 11. The smallest absolute Gasteiger partial charge is 0.324 e. The Morgan fingerprint density at radius 3 is 2.05 bits per heavy atom. The van der Waals surface area contributed by atoms with E-state index in [1.165, 1.54) is 43.4 Å². The van der Waals surface area contributed by atoms with Gasteiger partial charge in [-0.1, -0.05) is 44.6 Å². The van der Waals surface area contributed by atoms with Gasteiger partial charge in [-0.25, -0.2) is 0 Å². The maximum absolute atomic E-state index is 10.6. The highest BCUT2D eigenvalue weighted by Gasteiger charge is 2.10. The van der Waals surface area contributed by atoms with Crippen molar-refractivity contribution in [3.8, 4) is 0 Å². The van der Waals surface area contributed by atoms with E-state index >= 15 is 0 Å². The van der Waals surface area contributed by atoms with Crippen LogP contribution in [-0.2, 0) is 11.0 Å². The average molecular weight is 304 g/mol. The quantitative estimate of drug-likeness (QED) is 0.464. The lowest BCUT2D eigenvalue weighted by Gasteiger charge is -2.04. The topological polar surface area (TPSA) is 57.5 Å². The van der Waals surface area contributed by atoms with Gasteiger partial charge in [-0.05, 0) is 30.7 Å². The number of unbranched alkanes of at least 4 members (excludes halogenated alkanes) is 7. The zero-order valence-electron chi connectivity index (χ0n) is 11.5. The van der Waals surface area contributed by atoms with E-state index in [0.29, 0.717) is 6.42 Å². The SMILES string of the molecule is O=P(O)(O)CCCCCCCCCCc1cccs1. The molecule has 0 saturated carbocycles. The molecule has 110 valence electrons. The van der Waals surface area contributed by atoms with Crippen LogP contribution in [0.3, 0.4) is 0 Å². The van der Waals surface area contributed by atoms with Gasteiger partial charge in [0.2, 0.25) is 0 Å². The summed E-state index contributed by atoms with van der Waals surface area (Å²) in [5.74, 6) is 0. The number of thiophene rings is 1. The first kappa shape index (κ1) is 16.9. The molecule has 5 heteroatoms. The van der Waals surface area contributed by atoms with Crippen LogP contribution in [0.2, 0.25) is 0 Å². The molecule has 0 unspecified atom stereocenters. The molecule has 3 nitrogen and oxygen atoms in total. The minimum atomic E-state index is -3.76. The van der Waals surface area contributed by atoms with Crippen LogP contribution in [0.5, 0.6) is 0 Å². The summed E-state index contributed by atoms with van der Waals surface area (Å²) < 4.78 is 10.6. The summed E-state index contributed by atoms with van der Waals surface area (Å²) >= 11 is 1.84. The predicted molar refractivity (Wildman–Crippen MR) is 81.9 cm³/mol. The third kappa shape index (κ3) is 10.3. The Balaban J connectivity index is 1.80. The standard InChI is InChI=1S/C14H25O3PS/c15-18(16,17)12-8-6-4-2-1-3-5-7-10-14-11-9-13-19-14/h9,11,13H,1-8,10,12H2,(H2,15,16,17). The molecule has 0 spiro atoms. The fourth-order valence-corrected chi connectivity index (χ4v) is 3.52. The predicted octanol–water partition coefficient (Wildman–Crippen LogP) is 4.59. The summed E-state index contributed by atoms with van der Waals surface area (Å²) in [4.78, 5) is 18.9. The summed E-state index contributed by atoms with van der Waals surface area (Å²) in [6.45, 7) is 0. The van der Waals surface area contributed by atoms with Gasteiger partial charge in [0.15, 0.2) is 0 Å². The zero-order valence-corrected chi connectivity index (χ0v) is 13.2. The number of hydrogen-bond donors (Lipinski definition) is 2. The Morgan fingerprint density at radius 1 is 0.947 bits per heavy atom. The van der Waals surface area contributed by atoms with Crippen molar-refractivity contribution in [2.45, 2.75) is 57.8 Å². The average Bonchev–Trinajstić information content (AvgIpc) is 2.83. The summed E-state index contributed by atoms with van der Waals surface area (Å²) in [6.07, 6.45) is 10.3. The van der Waals surface area contributed by atoms with E-state index in [1.54, 1.807) is 0 Å². The molecule has 0 atom stereocenters. The van der Waals surface area contributed by atoms with Gasteiger partial charge in [0, 0.05) is 11.0 Å². The van der Waals surface area contributed by atoms with Crippen molar-refractivity contribution in [2.24, 2.45) is 0 Å². The van der Waals surface area contributed by atoms with Crippen molar-refractivity contribution in [3.05, 3.63) is 22.4 Å². The molecule has 1 heterocycles. The van der Waals surface area contributed by atoms with Gasteiger partial charge in [0.1, 0.15) is 0 Å². The van der Waals surface area contributed by atoms with E-state index in [2.05, 4.69) is 17.5 Å². The van der Waals surface area contributed by atoms with E-state index in [1.807, 2.05) is 11.3 Å². The van der Waals surface area contributed by atoms with Crippen molar-refractivity contribution in [2.75, 3.05) is 6.16 Å². The third-order valence-corrected chi connectivity index (χ3v) is 5.04. The molecule has 19 heavy (non-hydrogen) atoms. The maximum Gasteiger partial charge on any atom is 0.325 e. The van der Waals surface area contributed by atoms with E-state index in [9.17, 15) is 4.57 Å². The van der Waals surface area contributed by atoms with Crippen molar-refractivity contribution >= 4 is 18.9 Å². The van der Waals surface area contributed by atoms with Crippen LogP contribution < -0.4 is 0 Å². The van der Waals surface area contributed by atoms with Crippen LogP contribution in [0.4, 0.5) is 0 Å². The highest BCUT2D eigenvalue weighted by molar-refractivity contribution is 7.51. The molecule has 1 aromatic rings. The Hall–Kier alpha value is -0.150. The van der Waals surface area contributed by atoms with Gasteiger partial charge in [0.05, 0.1) is 0 Å². The monoisotopic (exact) mass is 304 g/mol. The van der Waals surface area contributed by atoms with Crippen molar-refractivity contribution in [3.63, 3.8) is 0 Å². The molecule has 2 N–H and O–H groups in total. The summed E-state index contributed by atoms with van der Waals surface area (Å²) in [7, 11) is -3.76. The number of aryl methyl sites for hydroxylation is 1. The molecule has 1 rings (SSSR count). The molecule has 0 bridgehead atoms. The first-order chi connectivity index (χ1) is 9.08. The fraction of sp³-hybridized carbons (Fsp3) is 0.714. The summed E-state index contributed by atoms with van der Waals surface area (Å²) in [5, 5.41) is 2.13. The molecule has 0 fully saturated rings. The van der Waals surface area contributed by atoms with Crippen LogP contribution in [0.15, 0.2) is 17.5 Å². The molecule has 1 aromatic heterocycles. The van der Waals surface area contributed by atoms with E-state index in [-0.39, 0.29) is 6.16 Å². The van der Waals surface area contributed by atoms with E-state index < -0.39 is 7.60 Å². The Bertz CT molecular complexity index is 359. The first-order valence-corrected chi connectivity index (χ1v) is 9.82. The second-order valence-corrected chi connectivity index (χ2v) is 7.85. The molecule has 0 aliphatic carbocycles. The van der Waals surface area contributed by atoms with E-state index in [0.717, 1.165) is 12.8 Å². The molecular formula is C14H25O3PS. The molecule has 0 aliphatic rings. The Morgan fingerprint density at radius 2 is 1.53 bits per heavy atom. The highest BCUT2D eigenvalue weighted by atomic mass is 32.1. The van der Waals surface area contributed by atoms with Crippen molar-refractivity contribution in [1.29, 1.82) is 0 Å². The number of hydrogen-bond acceptors (Lipinski definition) is 2. The zero-order chi connectivity index (χ0) is 14.0. The lowest BCUT2D eigenvalue weighted by molar-refractivity contribution is 0.370. The van der Waals surface area contributed by atoms with Gasteiger partial charge < -0.3 is 9.79 Å². The van der Waals surface area contributed by atoms with E-state index in [4.69, 9.17) is 9.79 Å². The molecule has 0 amide bonds. The van der Waals surface area contributed by atoms with Gasteiger partial charge in [-0.3, -0.25) is 4.57 Å². The maximum atomic E-state index is 10.6. The molecular weight excluding hydrogens is 279 g/mol. The summed E-state index contributed by atoms with van der Waals surface area (Å²) in [6, 6.07) is 4.31. The first-order valence-electron chi connectivity index (χ1n) is 7.15. The second kappa shape index (κ2) is 9.71. The summed E-state index contributed by atoms with van der Waals surface area (Å²) in [5.41, 5.74) is 0. The van der Waals surface area contributed by atoms with Crippen LogP contribution in [0.1, 0.15) is 56.2 Å². The van der Waals surface area contributed by atoms with Crippen LogP contribution in [0.25, 0.3) is 0 Å². The second-order valence-electron chi connectivity index (χ2n) is 5.05. The fourth-order valence-electron chi connectivity index (χ4n) is 2.13. The van der Waals surface area contributed by atoms with Gasteiger partial charge in [-0.15, -0.1) is 11.3 Å². The van der Waals surface area contributed by atoms with Gasteiger partial charge in [-0.2, -0.15) is 0 Å². The Kier molecular flexibility index (Phi) is 8.64. The van der Waals surface area contributed by atoms with Crippen molar-refractivity contribution in [1.82, 2.24) is 0 Å². The van der Waals surface area contributed by atoms with Gasteiger partial charge in [0.25, 0.3) is 0 Å². The molecule has 0 radical (unpaired) electrons. The van der Waals surface area contributed by atoms with Crippen LogP contribution >= 0.6 is 18.9 Å². The Labute approximate surface area is 120 Å². The lowest BCUT2D eigenvalue weighted by Crippen LogP contribution is -1.88. The third-order valence-electron chi connectivity index (χ3n) is 3.20. The van der Waals surface area contributed by atoms with Crippen molar-refractivity contribution < 1.29 is 14.4 Å². The van der Waals surface area contributed by atoms with Gasteiger partial charge >= 0.3 is 7.60 Å². The lowest BCUT2D eigenvalue weighted by atomic mass is 10.1.